The van der Waals surface area contributed by atoms with Crippen molar-refractivity contribution in [3.05, 3.63) is 29.8 Å². The average molecular weight is 274 g/mol. The lowest BCUT2D eigenvalue weighted by molar-refractivity contribution is 0.285. The summed E-state index contributed by atoms with van der Waals surface area (Å²) in [6, 6.07) is 8.05. The zero-order chi connectivity index (χ0) is 14.4. The van der Waals surface area contributed by atoms with E-state index < -0.39 is 0 Å². The minimum Gasteiger partial charge on any atom is -0.463 e. The van der Waals surface area contributed by atoms with Gasteiger partial charge in [-0.15, -0.1) is 4.98 Å². The maximum Gasteiger partial charge on any atom is 0.330 e. The summed E-state index contributed by atoms with van der Waals surface area (Å²) in [4.78, 5) is 11.9. The van der Waals surface area contributed by atoms with E-state index in [0.29, 0.717) is 12.4 Å². The van der Waals surface area contributed by atoms with Crippen LogP contribution in [0.15, 0.2) is 24.3 Å². The van der Waals surface area contributed by atoms with E-state index in [1.165, 1.54) is 5.56 Å². The molecule has 0 saturated heterocycles. The molecule has 0 aliphatic rings. The topological polar surface area (TPSA) is 83.2 Å². The van der Waals surface area contributed by atoms with Gasteiger partial charge >= 0.3 is 12.0 Å². The van der Waals surface area contributed by atoms with Gasteiger partial charge in [0.05, 0.1) is 6.61 Å². The summed E-state index contributed by atoms with van der Waals surface area (Å²) in [5.41, 5.74) is 6.79. The van der Waals surface area contributed by atoms with E-state index in [1.807, 2.05) is 31.2 Å². The van der Waals surface area contributed by atoms with E-state index in [9.17, 15) is 0 Å². The fourth-order valence-electron chi connectivity index (χ4n) is 1.59. The third kappa shape index (κ3) is 3.81. The van der Waals surface area contributed by atoms with Crippen LogP contribution in [0.1, 0.15) is 25.8 Å². The van der Waals surface area contributed by atoms with Crippen molar-refractivity contribution in [2.24, 2.45) is 0 Å². The molecule has 2 rings (SSSR count). The molecule has 0 fully saturated rings. The lowest BCUT2D eigenvalue weighted by atomic mass is 10.2. The Morgan fingerprint density at radius 2 is 1.90 bits per heavy atom. The number of ether oxygens (including phenoxy) is 2. The van der Waals surface area contributed by atoms with Gasteiger partial charge in [-0.1, -0.05) is 26.0 Å². The highest BCUT2D eigenvalue weighted by Crippen LogP contribution is 2.21. The number of nitrogens with two attached hydrogens (primary N) is 1. The zero-order valence-electron chi connectivity index (χ0n) is 11.7. The van der Waals surface area contributed by atoms with E-state index in [4.69, 9.17) is 15.2 Å². The maximum absolute atomic E-state index is 5.62. The van der Waals surface area contributed by atoms with Crippen molar-refractivity contribution >= 4 is 5.95 Å². The van der Waals surface area contributed by atoms with Gasteiger partial charge in [0.25, 0.3) is 0 Å². The Kier molecular flexibility index (Phi) is 4.70. The van der Waals surface area contributed by atoms with Crippen molar-refractivity contribution in [3.63, 3.8) is 0 Å². The van der Waals surface area contributed by atoms with Crippen LogP contribution in [-0.4, -0.2) is 21.6 Å². The van der Waals surface area contributed by atoms with Crippen LogP contribution in [0.5, 0.6) is 17.8 Å². The monoisotopic (exact) mass is 274 g/mol. The minimum absolute atomic E-state index is 0.0766. The van der Waals surface area contributed by atoms with Gasteiger partial charge in [0.15, 0.2) is 0 Å². The molecule has 1 aromatic carbocycles. The van der Waals surface area contributed by atoms with Crippen molar-refractivity contribution in [3.8, 4) is 17.8 Å². The lowest BCUT2D eigenvalue weighted by Gasteiger charge is -2.07. The number of aromatic nitrogens is 3. The van der Waals surface area contributed by atoms with E-state index in [2.05, 4.69) is 21.9 Å². The molecule has 20 heavy (non-hydrogen) atoms. The van der Waals surface area contributed by atoms with Gasteiger partial charge in [0, 0.05) is 0 Å². The van der Waals surface area contributed by atoms with Crippen molar-refractivity contribution < 1.29 is 9.47 Å². The van der Waals surface area contributed by atoms with Crippen LogP contribution < -0.4 is 15.2 Å². The molecule has 0 spiro atoms. The summed E-state index contributed by atoms with van der Waals surface area (Å²) in [7, 11) is 0. The molecule has 106 valence electrons. The number of aryl methyl sites for hydroxylation is 1. The summed E-state index contributed by atoms with van der Waals surface area (Å²) in [6.45, 7) is 4.60. The van der Waals surface area contributed by atoms with Gasteiger partial charge in [-0.25, -0.2) is 0 Å². The minimum atomic E-state index is 0.0766. The van der Waals surface area contributed by atoms with E-state index in [-0.39, 0.29) is 18.0 Å². The first-order valence-corrected chi connectivity index (χ1v) is 6.62. The molecule has 0 amide bonds. The van der Waals surface area contributed by atoms with Crippen molar-refractivity contribution in [2.45, 2.75) is 26.7 Å². The molecule has 6 nitrogen and oxygen atoms in total. The summed E-state index contributed by atoms with van der Waals surface area (Å²) >= 11 is 0. The lowest BCUT2D eigenvalue weighted by Crippen LogP contribution is -2.05. The molecule has 6 heteroatoms. The number of hydrogen-bond acceptors (Lipinski definition) is 6. The highest BCUT2D eigenvalue weighted by Gasteiger charge is 2.08. The molecule has 2 aromatic rings. The number of benzene rings is 1. The Morgan fingerprint density at radius 1 is 1.10 bits per heavy atom. The van der Waals surface area contributed by atoms with Gasteiger partial charge in [-0.05, 0) is 30.5 Å². The number of nitrogen functional groups attached to an aromatic ring is 1. The highest BCUT2D eigenvalue weighted by molar-refractivity contribution is 5.31. The molecule has 0 saturated carbocycles. The number of nitrogens with zero attached hydrogens (tertiary/aromatic N) is 3. The summed E-state index contributed by atoms with van der Waals surface area (Å²) in [5.74, 6) is 0.740. The number of rotatable bonds is 6. The maximum atomic E-state index is 5.62. The van der Waals surface area contributed by atoms with Crippen LogP contribution >= 0.6 is 0 Å². The van der Waals surface area contributed by atoms with Crippen LogP contribution in [0.4, 0.5) is 5.95 Å². The Bertz CT molecular complexity index is 575. The molecule has 0 bridgehead atoms. The van der Waals surface area contributed by atoms with Gasteiger partial charge in [0.2, 0.25) is 5.95 Å². The second kappa shape index (κ2) is 6.70. The first kappa shape index (κ1) is 14.0. The molecule has 0 aliphatic heterocycles. The van der Waals surface area contributed by atoms with Crippen molar-refractivity contribution in [1.82, 2.24) is 15.0 Å². The molecule has 1 heterocycles. The Hall–Kier alpha value is -2.37. The van der Waals surface area contributed by atoms with Gasteiger partial charge in [0.1, 0.15) is 5.75 Å². The van der Waals surface area contributed by atoms with Crippen molar-refractivity contribution in [1.29, 1.82) is 0 Å². The van der Waals surface area contributed by atoms with Crippen molar-refractivity contribution in [2.75, 3.05) is 12.3 Å². The molecular formula is C14H18N4O2. The predicted molar refractivity (Wildman–Crippen MR) is 75.9 cm³/mol. The molecule has 0 radical (unpaired) electrons. The second-order valence-electron chi connectivity index (χ2n) is 4.21. The quantitative estimate of drug-likeness (QED) is 0.871. The molecule has 0 atom stereocenters. The van der Waals surface area contributed by atoms with Gasteiger partial charge in [-0.3, -0.25) is 0 Å². The second-order valence-corrected chi connectivity index (χ2v) is 4.21. The largest absolute Gasteiger partial charge is 0.463 e. The SMILES string of the molecule is CCCOc1nc(N)nc(Oc2cccc(CC)c2)n1. The highest BCUT2D eigenvalue weighted by atomic mass is 16.5. The third-order valence-electron chi connectivity index (χ3n) is 2.56. The molecule has 0 unspecified atom stereocenters. The fraction of sp³-hybridized carbons (Fsp3) is 0.357. The first-order chi connectivity index (χ1) is 9.71. The van der Waals surface area contributed by atoms with E-state index in [1.54, 1.807) is 0 Å². The molecular weight excluding hydrogens is 256 g/mol. The third-order valence-corrected chi connectivity index (χ3v) is 2.56. The summed E-state index contributed by atoms with van der Waals surface area (Å²) < 4.78 is 10.9. The molecule has 1 aromatic heterocycles. The van der Waals surface area contributed by atoms with Crippen LogP contribution in [-0.2, 0) is 6.42 Å². The Labute approximate surface area is 118 Å². The van der Waals surface area contributed by atoms with E-state index >= 15 is 0 Å². The van der Waals surface area contributed by atoms with Crippen LogP contribution in [0.3, 0.4) is 0 Å². The Balaban J connectivity index is 2.17. The van der Waals surface area contributed by atoms with Gasteiger partial charge in [-0.2, -0.15) is 9.97 Å². The Morgan fingerprint density at radius 3 is 2.65 bits per heavy atom. The van der Waals surface area contributed by atoms with E-state index in [0.717, 1.165) is 12.8 Å². The zero-order valence-corrected chi connectivity index (χ0v) is 11.7. The van der Waals surface area contributed by atoms with Crippen LogP contribution in [0, 0.1) is 0 Å². The first-order valence-electron chi connectivity index (χ1n) is 6.62. The smallest absolute Gasteiger partial charge is 0.330 e. The molecule has 2 N–H and O–H groups in total. The molecule has 0 aliphatic carbocycles. The van der Waals surface area contributed by atoms with Crippen LogP contribution in [0.2, 0.25) is 0 Å². The predicted octanol–water partition coefficient (Wildman–Crippen LogP) is 2.60. The number of hydrogen-bond donors (Lipinski definition) is 1. The van der Waals surface area contributed by atoms with Gasteiger partial charge < -0.3 is 15.2 Å². The normalized spacial score (nSPS) is 10.3. The standard InChI is InChI=1S/C14H18N4O2/c1-3-8-19-13-16-12(15)17-14(18-13)20-11-7-5-6-10(4-2)9-11/h5-7,9H,3-4,8H2,1-2H3,(H2,15,16,17,18). The average Bonchev–Trinajstić information content (AvgIpc) is 2.44. The fourth-order valence-corrected chi connectivity index (χ4v) is 1.59. The number of anilines is 1. The summed E-state index contributed by atoms with van der Waals surface area (Å²) in [6.07, 6.45) is 1.79. The summed E-state index contributed by atoms with van der Waals surface area (Å²) in [5, 5.41) is 0. The van der Waals surface area contributed by atoms with Crippen LogP contribution in [0.25, 0.3) is 0 Å².